The molecule has 2 heterocycles. The Morgan fingerprint density at radius 1 is 0.778 bits per heavy atom. The molecule has 21 heteroatoms. The zero-order valence-corrected chi connectivity index (χ0v) is 44.8. The van der Waals surface area contributed by atoms with Crippen LogP contribution in [0.2, 0.25) is 0 Å². The van der Waals surface area contributed by atoms with Crippen molar-refractivity contribution >= 4 is 33.4 Å². The van der Waals surface area contributed by atoms with Crippen LogP contribution in [0.3, 0.4) is 0 Å². The van der Waals surface area contributed by atoms with Gasteiger partial charge in [-0.3, -0.25) is 23.2 Å². The monoisotopic (exact) mass is 1060 g/mol. The summed E-state index contributed by atoms with van der Waals surface area (Å²) < 4.78 is 56.7. The molecule has 7 N–H and O–H groups in total. The van der Waals surface area contributed by atoms with Gasteiger partial charge in [0.05, 0.1) is 19.3 Å². The number of hydrogen-bond donors (Lipinski definition) is 6. The lowest BCUT2D eigenvalue weighted by molar-refractivity contribution is -0.161. The number of aliphatic hydroxyl groups is 3. The van der Waals surface area contributed by atoms with Crippen molar-refractivity contribution in [2.24, 2.45) is 5.92 Å². The molecule has 3 unspecified atom stereocenters. The topological polar surface area (TPSA) is 286 Å². The molecule has 72 heavy (non-hydrogen) atoms. The average molecular weight is 1060 g/mol. The molecule has 1 fully saturated rings. The largest absolute Gasteiger partial charge is 0.481 e. The minimum Gasteiger partial charge on any atom is -0.462 e. The van der Waals surface area contributed by atoms with Gasteiger partial charge in [-0.1, -0.05) is 166 Å². The molecule has 0 bridgehead atoms. The van der Waals surface area contributed by atoms with Gasteiger partial charge in [-0.15, -0.1) is 0 Å². The quantitative estimate of drug-likeness (QED) is 0.0117. The number of rotatable bonds is 42. The van der Waals surface area contributed by atoms with Gasteiger partial charge in [0, 0.05) is 19.0 Å². The van der Waals surface area contributed by atoms with Crippen LogP contribution in [0.15, 0.2) is 65.7 Å². The molecule has 0 amide bonds. The highest BCUT2D eigenvalue weighted by Gasteiger charge is 2.46. The van der Waals surface area contributed by atoms with Crippen molar-refractivity contribution in [1.29, 1.82) is 0 Å². The summed E-state index contributed by atoms with van der Waals surface area (Å²) in [5.74, 6) is -0.650. The van der Waals surface area contributed by atoms with E-state index in [1.165, 1.54) is 83.1 Å². The number of phosphoric ester groups is 2. The molecule has 19 nitrogen and oxygen atoms in total. The molecule has 0 aliphatic carbocycles. The van der Waals surface area contributed by atoms with E-state index in [4.69, 9.17) is 29.0 Å². The van der Waals surface area contributed by atoms with Crippen LogP contribution >= 0.6 is 15.6 Å². The number of phosphoric acid groups is 2. The Morgan fingerprint density at radius 2 is 1.39 bits per heavy atom. The molecule has 0 radical (unpaired) electrons. The summed E-state index contributed by atoms with van der Waals surface area (Å²) in [6.45, 7) is 4.30. The van der Waals surface area contributed by atoms with E-state index in [1.54, 1.807) is 18.2 Å². The number of aromatic nitrogens is 2. The highest BCUT2D eigenvalue weighted by atomic mass is 31.3. The van der Waals surface area contributed by atoms with E-state index >= 15 is 0 Å². The summed E-state index contributed by atoms with van der Waals surface area (Å²) in [6, 6.07) is 1.24. The SMILES string of the molecule is CCCCC/C=C\C/C=C\CC(O)/C=C\C=C\CCCC(=O)O[C@H](COC(=O)CCCCCCCCCCCCCCCC(C)C)COP(=O)(O)OP(=O)(O)OC[C@H]1O[C@@H](n2ccc(N)nc2=O)[C@H](O)[C@@H]1O. The Morgan fingerprint density at radius 3 is 2.04 bits per heavy atom. The molecule has 0 spiro atoms. The molecule has 412 valence electrons. The van der Waals surface area contributed by atoms with Gasteiger partial charge in [0.25, 0.3) is 0 Å². The van der Waals surface area contributed by atoms with Crippen molar-refractivity contribution in [3.8, 4) is 0 Å². The fourth-order valence-electron chi connectivity index (χ4n) is 7.57. The van der Waals surface area contributed by atoms with Crippen LogP contribution in [0, 0.1) is 5.92 Å². The first-order chi connectivity index (χ1) is 34.4. The number of nitrogens with zero attached hydrogens (tertiary/aromatic N) is 2. The van der Waals surface area contributed by atoms with Crippen LogP contribution in [0.1, 0.15) is 181 Å². The standard InChI is InChI=1S/C51H87N3O16P2/c1-4-5-6-7-8-14-18-22-27-32-42(55)33-28-23-20-25-30-35-47(57)68-43(38-65-46(56)34-29-24-19-16-13-11-9-10-12-15-17-21-26-31-41(2)3)39-66-71(61,62)70-72(63,64)67-40-44-48(58)49(59)50(69-44)54-37-36-45(52)53-51(54)60/h8,14,20,22-23,27-28,33,36-37,41-44,48-50,55,58-59H,4-7,9-13,15-19,21,24-26,29-32,34-35,38-40H2,1-3H3,(H,61,62)(H,63,64)(H2,52,53,60)/b14-8-,23-20+,27-22-,33-28-/t42?,43-,44-,48-,49-,50-/m1/s1. The van der Waals surface area contributed by atoms with E-state index < -0.39 is 89.8 Å². The number of unbranched alkanes of at least 4 members (excludes halogenated alkanes) is 16. The third-order valence-electron chi connectivity index (χ3n) is 11.7. The summed E-state index contributed by atoms with van der Waals surface area (Å²) in [4.78, 5) is 61.9. The van der Waals surface area contributed by atoms with Crippen LogP contribution < -0.4 is 11.4 Å². The second kappa shape index (κ2) is 38.3. The van der Waals surface area contributed by atoms with Crippen molar-refractivity contribution in [3.63, 3.8) is 0 Å². The zero-order chi connectivity index (χ0) is 53.0. The molecule has 1 aliphatic heterocycles. The first kappa shape index (κ1) is 64.8. The third kappa shape index (κ3) is 31.4. The lowest BCUT2D eigenvalue weighted by Crippen LogP contribution is -2.36. The summed E-state index contributed by atoms with van der Waals surface area (Å²) in [5, 5.41) is 31.1. The van der Waals surface area contributed by atoms with Crippen molar-refractivity contribution < 1.29 is 71.4 Å². The average Bonchev–Trinajstić information content (AvgIpc) is 3.60. The van der Waals surface area contributed by atoms with Crippen LogP contribution in [-0.2, 0) is 46.3 Å². The van der Waals surface area contributed by atoms with Crippen molar-refractivity contribution in [1.82, 2.24) is 9.55 Å². The molecule has 2 rings (SSSR count). The van der Waals surface area contributed by atoms with Gasteiger partial charge < -0.3 is 45.1 Å². The predicted molar refractivity (Wildman–Crippen MR) is 276 cm³/mol. The predicted octanol–water partition coefficient (Wildman–Crippen LogP) is 9.77. The van der Waals surface area contributed by atoms with E-state index in [9.17, 15) is 48.6 Å². The Hall–Kier alpha value is -3.32. The number of hydrogen-bond acceptors (Lipinski definition) is 16. The lowest BCUT2D eigenvalue weighted by atomic mass is 10.0. The number of nitrogen functional groups attached to an aromatic ring is 1. The van der Waals surface area contributed by atoms with Crippen molar-refractivity contribution in [3.05, 3.63) is 71.4 Å². The number of esters is 2. The van der Waals surface area contributed by atoms with Gasteiger partial charge in [0.15, 0.2) is 12.3 Å². The maximum Gasteiger partial charge on any atom is 0.481 e. The molecule has 0 saturated carbocycles. The molecule has 1 saturated heterocycles. The van der Waals surface area contributed by atoms with E-state index in [0.29, 0.717) is 25.7 Å². The Bertz CT molecular complexity index is 1930. The zero-order valence-electron chi connectivity index (χ0n) is 43.0. The molecular formula is C51H87N3O16P2. The second-order valence-corrected chi connectivity index (χ2v) is 21.7. The number of carbonyl (C=O) groups is 2. The fraction of sp³-hybridized carbons (Fsp3) is 0.725. The van der Waals surface area contributed by atoms with Crippen LogP contribution in [0.25, 0.3) is 0 Å². The molecule has 1 aromatic rings. The summed E-state index contributed by atoms with van der Waals surface area (Å²) in [5.41, 5.74) is 4.58. The summed E-state index contributed by atoms with van der Waals surface area (Å²) in [7, 11) is -10.9. The van der Waals surface area contributed by atoms with Crippen LogP contribution in [0.5, 0.6) is 0 Å². The van der Waals surface area contributed by atoms with E-state index in [0.717, 1.165) is 55.2 Å². The van der Waals surface area contributed by atoms with Crippen molar-refractivity contribution in [2.75, 3.05) is 25.6 Å². The molecule has 1 aliphatic rings. The van der Waals surface area contributed by atoms with E-state index in [2.05, 4.69) is 42.2 Å². The van der Waals surface area contributed by atoms with Gasteiger partial charge >= 0.3 is 33.3 Å². The van der Waals surface area contributed by atoms with Gasteiger partial charge in [-0.05, 0) is 56.9 Å². The highest BCUT2D eigenvalue weighted by Crippen LogP contribution is 2.60. The first-order valence-electron chi connectivity index (χ1n) is 26.1. The van der Waals surface area contributed by atoms with Crippen molar-refractivity contribution in [2.45, 2.75) is 212 Å². The maximum atomic E-state index is 12.9. The Kier molecular flexibility index (Phi) is 34.4. The number of nitrogens with two attached hydrogens (primary N) is 1. The molecule has 1 aromatic heterocycles. The minimum atomic E-state index is -5.45. The lowest BCUT2D eigenvalue weighted by Gasteiger charge is -2.21. The third-order valence-corrected chi connectivity index (χ3v) is 14.3. The molecule has 0 aromatic carbocycles. The maximum absolute atomic E-state index is 12.9. The molecule has 8 atom stereocenters. The second-order valence-electron chi connectivity index (χ2n) is 18.7. The van der Waals surface area contributed by atoms with Gasteiger partial charge in [-0.2, -0.15) is 9.29 Å². The Labute approximate surface area is 427 Å². The minimum absolute atomic E-state index is 0.0847. The van der Waals surface area contributed by atoms with Gasteiger partial charge in [0.1, 0.15) is 30.7 Å². The normalized spacial score (nSPS) is 20.0. The number of anilines is 1. The van der Waals surface area contributed by atoms with E-state index in [1.807, 2.05) is 18.2 Å². The summed E-state index contributed by atoms with van der Waals surface area (Å²) in [6.07, 6.45) is 30.8. The first-order valence-corrected chi connectivity index (χ1v) is 29.1. The molecular weight excluding hydrogens is 973 g/mol. The number of ether oxygens (including phenoxy) is 3. The number of aliphatic hydroxyl groups excluding tert-OH is 3. The smallest absolute Gasteiger partial charge is 0.462 e. The highest BCUT2D eigenvalue weighted by molar-refractivity contribution is 7.61. The fourth-order valence-corrected chi connectivity index (χ4v) is 9.68. The van der Waals surface area contributed by atoms with E-state index in [-0.39, 0.29) is 18.7 Å². The number of carbonyl (C=O) groups excluding carboxylic acids is 2. The number of allylic oxidation sites excluding steroid dienone is 6. The van der Waals surface area contributed by atoms with Crippen LogP contribution in [-0.4, -0.2) is 96.9 Å². The Balaban J connectivity index is 1.84. The van der Waals surface area contributed by atoms with Gasteiger partial charge in [-0.25, -0.2) is 13.9 Å². The van der Waals surface area contributed by atoms with Crippen LogP contribution in [0.4, 0.5) is 5.82 Å². The van der Waals surface area contributed by atoms with Gasteiger partial charge in [0.2, 0.25) is 0 Å². The summed E-state index contributed by atoms with van der Waals surface area (Å²) >= 11 is 0.